The van der Waals surface area contributed by atoms with Gasteiger partial charge in [0.15, 0.2) is 5.17 Å². The minimum absolute atomic E-state index is 0.151. The summed E-state index contributed by atoms with van der Waals surface area (Å²) >= 11 is 1.25. The zero-order valence-electron chi connectivity index (χ0n) is 22.8. The van der Waals surface area contributed by atoms with Crippen molar-refractivity contribution >= 4 is 51.9 Å². The maximum Gasteiger partial charge on any atom is 0.271 e. The number of fused-ring (bicyclic) bond motifs is 3. The van der Waals surface area contributed by atoms with E-state index in [1.165, 1.54) is 29.5 Å². The molecule has 2 atom stereocenters. The first-order valence-electron chi connectivity index (χ1n) is 13.5. The monoisotopic (exact) mass is 571 g/mol. The van der Waals surface area contributed by atoms with Gasteiger partial charge in [0.1, 0.15) is 17.7 Å². The zero-order valence-corrected chi connectivity index (χ0v) is 23.6. The van der Waals surface area contributed by atoms with Gasteiger partial charge in [0.2, 0.25) is 11.8 Å². The van der Waals surface area contributed by atoms with Gasteiger partial charge in [0.25, 0.3) is 5.91 Å². The highest BCUT2D eigenvalue weighted by Gasteiger charge is 2.43. The van der Waals surface area contributed by atoms with Crippen LogP contribution < -0.4 is 10.6 Å². The van der Waals surface area contributed by atoms with Crippen molar-refractivity contribution in [3.63, 3.8) is 0 Å². The smallest absolute Gasteiger partial charge is 0.271 e. The van der Waals surface area contributed by atoms with Gasteiger partial charge in [0, 0.05) is 17.8 Å². The summed E-state index contributed by atoms with van der Waals surface area (Å²) < 4.78 is 13.2. The summed E-state index contributed by atoms with van der Waals surface area (Å²) in [6.07, 6.45) is 1.27. The average molecular weight is 572 g/mol. The van der Waals surface area contributed by atoms with E-state index in [1.54, 1.807) is 17.0 Å². The van der Waals surface area contributed by atoms with Gasteiger partial charge in [-0.25, -0.2) is 9.38 Å². The number of carbonyl (C=O) groups is 3. The molecule has 0 radical (unpaired) electrons. The van der Waals surface area contributed by atoms with Crippen LogP contribution in [-0.4, -0.2) is 44.9 Å². The number of rotatable bonds is 9. The number of anilines is 1. The molecule has 8 nitrogen and oxygen atoms in total. The number of hydrogen-bond donors (Lipinski definition) is 2. The van der Waals surface area contributed by atoms with Crippen LogP contribution in [0.1, 0.15) is 43.4 Å². The third-order valence-electron chi connectivity index (χ3n) is 6.93. The first kappa shape index (κ1) is 28.2. The molecule has 3 aromatic carbocycles. The van der Waals surface area contributed by atoms with Gasteiger partial charge in [-0.15, -0.1) is 0 Å². The minimum Gasteiger partial charge on any atom is -0.352 e. The number of aliphatic imine (C=N–C) groups is 2. The standard InChI is InChI=1S/C31H30FN5O3S/c1-3-19-11-15-22(16-12-19)34-30(40)26(4-2)41-31-35-24-8-6-5-7-23(24)28-36-29(39)25(37(28)31)17-27(38)33-18-20-9-13-21(32)14-10-20/h5-16,25-26H,3-4,17-18H2,1-2H3,(H,33,38)(H,34,40). The number of carbonyl (C=O) groups excluding carboxylic acids is 3. The number of thioether (sulfide) groups is 1. The molecule has 210 valence electrons. The van der Waals surface area contributed by atoms with Crippen molar-refractivity contribution in [3.8, 4) is 0 Å². The van der Waals surface area contributed by atoms with Gasteiger partial charge in [-0.2, -0.15) is 4.99 Å². The summed E-state index contributed by atoms with van der Waals surface area (Å²) in [6, 6.07) is 20.0. The highest BCUT2D eigenvalue weighted by Crippen LogP contribution is 2.36. The predicted octanol–water partition coefficient (Wildman–Crippen LogP) is 5.20. The van der Waals surface area contributed by atoms with Crippen LogP contribution in [0, 0.1) is 5.82 Å². The number of para-hydroxylation sites is 1. The molecule has 0 bridgehead atoms. The molecule has 0 saturated heterocycles. The fraction of sp³-hybridized carbons (Fsp3) is 0.258. The van der Waals surface area contributed by atoms with Crippen molar-refractivity contribution in [1.29, 1.82) is 0 Å². The van der Waals surface area contributed by atoms with Crippen LogP contribution in [0.2, 0.25) is 0 Å². The van der Waals surface area contributed by atoms with Crippen molar-refractivity contribution in [3.05, 3.63) is 95.3 Å². The molecule has 2 N–H and O–H groups in total. The molecule has 10 heteroatoms. The third kappa shape index (κ3) is 6.38. The third-order valence-corrected chi connectivity index (χ3v) is 8.26. The summed E-state index contributed by atoms with van der Waals surface area (Å²) in [5.41, 5.74) is 3.95. The molecule has 0 fully saturated rings. The highest BCUT2D eigenvalue weighted by atomic mass is 32.2. The van der Waals surface area contributed by atoms with Crippen molar-refractivity contribution in [2.45, 2.75) is 50.9 Å². The summed E-state index contributed by atoms with van der Waals surface area (Å²) in [5.74, 6) is -0.918. The summed E-state index contributed by atoms with van der Waals surface area (Å²) in [5, 5.41) is 5.71. The predicted molar refractivity (Wildman–Crippen MR) is 160 cm³/mol. The molecule has 3 aromatic rings. The molecule has 2 aliphatic heterocycles. The quantitative estimate of drug-likeness (QED) is 0.367. The minimum atomic E-state index is -0.903. The number of hydrogen-bond acceptors (Lipinski definition) is 6. The second kappa shape index (κ2) is 12.5. The Hall–Kier alpha value is -4.31. The fourth-order valence-corrected chi connectivity index (χ4v) is 5.70. The molecule has 2 unspecified atom stereocenters. The summed E-state index contributed by atoms with van der Waals surface area (Å²) in [6.45, 7) is 4.19. The van der Waals surface area contributed by atoms with Gasteiger partial charge < -0.3 is 10.6 Å². The van der Waals surface area contributed by atoms with E-state index in [4.69, 9.17) is 4.99 Å². The van der Waals surface area contributed by atoms with Gasteiger partial charge in [-0.3, -0.25) is 19.3 Å². The van der Waals surface area contributed by atoms with Crippen LogP contribution in [0.25, 0.3) is 0 Å². The largest absolute Gasteiger partial charge is 0.352 e. The lowest BCUT2D eigenvalue weighted by molar-refractivity contribution is -0.126. The number of amides is 3. The second-order valence-electron chi connectivity index (χ2n) is 9.73. The number of nitrogens with one attached hydrogen (secondary N) is 2. The normalized spacial score (nSPS) is 16.3. The molecular formula is C31H30FN5O3S. The number of nitrogens with zero attached hydrogens (tertiary/aromatic N) is 3. The van der Waals surface area contributed by atoms with E-state index in [0.717, 1.165) is 12.0 Å². The number of aryl methyl sites for hydroxylation is 1. The Balaban J connectivity index is 1.34. The van der Waals surface area contributed by atoms with Gasteiger partial charge in [-0.1, -0.05) is 62.0 Å². The fourth-order valence-electron chi connectivity index (χ4n) is 4.63. The van der Waals surface area contributed by atoms with Crippen LogP contribution in [0.15, 0.2) is 82.8 Å². The average Bonchev–Trinajstić information content (AvgIpc) is 3.31. The van der Waals surface area contributed by atoms with Gasteiger partial charge in [0.05, 0.1) is 17.4 Å². The lowest BCUT2D eigenvalue weighted by Crippen LogP contribution is -2.46. The molecule has 5 rings (SSSR count). The lowest BCUT2D eigenvalue weighted by Gasteiger charge is -2.32. The SMILES string of the molecule is CCc1ccc(NC(=O)C(CC)SC2=Nc3ccccc3C3=NC(=O)C(CC(=O)NCc4ccc(F)cc4)N23)cc1. The van der Waals surface area contributed by atoms with Crippen LogP contribution in [0.3, 0.4) is 0 Å². The topological polar surface area (TPSA) is 103 Å². The van der Waals surface area contributed by atoms with Crippen molar-refractivity contribution < 1.29 is 18.8 Å². The van der Waals surface area contributed by atoms with E-state index >= 15 is 0 Å². The lowest BCUT2D eigenvalue weighted by atomic mass is 10.1. The Morgan fingerprint density at radius 2 is 1.68 bits per heavy atom. The first-order chi connectivity index (χ1) is 19.9. The molecule has 0 saturated carbocycles. The van der Waals surface area contributed by atoms with E-state index in [9.17, 15) is 18.8 Å². The van der Waals surface area contributed by atoms with E-state index in [-0.39, 0.29) is 30.6 Å². The molecule has 2 heterocycles. The summed E-state index contributed by atoms with van der Waals surface area (Å²) in [4.78, 5) is 50.1. The molecule has 2 aliphatic rings. The van der Waals surface area contributed by atoms with E-state index in [2.05, 4.69) is 22.5 Å². The zero-order chi connectivity index (χ0) is 28.9. The van der Waals surface area contributed by atoms with Crippen LogP contribution in [0.4, 0.5) is 15.8 Å². The van der Waals surface area contributed by atoms with Crippen molar-refractivity contribution in [2.75, 3.05) is 5.32 Å². The Labute approximate surface area is 242 Å². The second-order valence-corrected chi connectivity index (χ2v) is 10.9. The maximum atomic E-state index is 13.3. The van der Waals surface area contributed by atoms with Crippen LogP contribution in [-0.2, 0) is 27.3 Å². The molecule has 0 aromatic heterocycles. The highest BCUT2D eigenvalue weighted by molar-refractivity contribution is 8.15. The number of halogens is 1. The van der Waals surface area contributed by atoms with Crippen molar-refractivity contribution in [2.24, 2.45) is 9.98 Å². The van der Waals surface area contributed by atoms with E-state index in [0.29, 0.717) is 34.4 Å². The number of amidine groups is 2. The Bertz CT molecular complexity index is 1520. The van der Waals surface area contributed by atoms with Crippen LogP contribution in [0.5, 0.6) is 0 Å². The van der Waals surface area contributed by atoms with E-state index in [1.807, 2.05) is 55.5 Å². The van der Waals surface area contributed by atoms with Crippen molar-refractivity contribution in [1.82, 2.24) is 10.2 Å². The van der Waals surface area contributed by atoms with E-state index < -0.39 is 17.2 Å². The molecule has 0 spiro atoms. The molecule has 3 amide bonds. The number of benzene rings is 3. The maximum absolute atomic E-state index is 13.3. The molecule has 41 heavy (non-hydrogen) atoms. The Morgan fingerprint density at radius 3 is 2.39 bits per heavy atom. The van der Waals surface area contributed by atoms with Crippen LogP contribution >= 0.6 is 11.8 Å². The Morgan fingerprint density at radius 1 is 0.976 bits per heavy atom. The van der Waals surface area contributed by atoms with Gasteiger partial charge in [-0.05, 0) is 60.4 Å². The van der Waals surface area contributed by atoms with Gasteiger partial charge >= 0.3 is 0 Å². The molecular weight excluding hydrogens is 541 g/mol. The summed E-state index contributed by atoms with van der Waals surface area (Å²) in [7, 11) is 0. The molecule has 0 aliphatic carbocycles. The Kier molecular flexibility index (Phi) is 8.58. The first-order valence-corrected chi connectivity index (χ1v) is 14.4.